The van der Waals surface area contributed by atoms with Crippen molar-refractivity contribution >= 4 is 5.78 Å². The lowest BCUT2D eigenvalue weighted by atomic mass is 10.3. The Hall–Kier alpha value is -0.490. The molecule has 0 aliphatic carbocycles. The highest BCUT2D eigenvalue weighted by Gasteiger charge is 1.99. The molecular weight excluding hydrogens is 164 g/mol. The van der Waals surface area contributed by atoms with Crippen molar-refractivity contribution in [2.75, 3.05) is 6.61 Å². The number of carbonyl (C=O) groups excluding carboxylic acids is 1. The van der Waals surface area contributed by atoms with E-state index in [2.05, 4.69) is 0 Å². The third kappa shape index (κ3) is 16.3. The van der Waals surface area contributed by atoms with E-state index in [1.165, 1.54) is 0 Å². The minimum atomic E-state index is -1.79. The van der Waals surface area contributed by atoms with Gasteiger partial charge in [0.05, 0.1) is 6.10 Å². The molecule has 0 aromatic rings. The van der Waals surface area contributed by atoms with E-state index in [-0.39, 0.29) is 12.7 Å². The fourth-order valence-electron chi connectivity index (χ4n) is 0.187. The number of aliphatic hydroxyl groups excluding tert-OH is 3. The first-order valence-corrected chi connectivity index (χ1v) is 3.57. The zero-order valence-electron chi connectivity index (χ0n) is 7.27. The van der Waals surface area contributed by atoms with Gasteiger partial charge in [-0.1, -0.05) is 0 Å². The molecule has 0 heterocycles. The Morgan fingerprint density at radius 1 is 1.33 bits per heavy atom. The van der Waals surface area contributed by atoms with Gasteiger partial charge in [0.25, 0.3) is 0 Å². The van der Waals surface area contributed by atoms with E-state index in [4.69, 9.17) is 20.4 Å². The van der Waals surface area contributed by atoms with Gasteiger partial charge in [0.15, 0.2) is 5.78 Å². The molecule has 0 fully saturated rings. The van der Waals surface area contributed by atoms with Crippen LogP contribution in [-0.2, 0) is 4.79 Å². The molecule has 0 aromatic carbocycles. The van der Waals surface area contributed by atoms with Gasteiger partial charge >= 0.3 is 0 Å². The average molecular weight is 180 g/mol. The summed E-state index contributed by atoms with van der Waals surface area (Å²) >= 11 is 0. The Morgan fingerprint density at radius 3 is 1.67 bits per heavy atom. The molecule has 0 saturated carbocycles. The normalized spacial score (nSPS) is 11.9. The lowest BCUT2D eigenvalue weighted by Crippen LogP contribution is -2.14. The minimum absolute atomic E-state index is 0.0810. The third-order valence-corrected chi connectivity index (χ3v) is 0.910. The van der Waals surface area contributed by atoms with Crippen LogP contribution in [0.5, 0.6) is 0 Å². The van der Waals surface area contributed by atoms with Crippen LogP contribution in [0.2, 0.25) is 0 Å². The smallest absolute Gasteiger partial charge is 0.212 e. The van der Waals surface area contributed by atoms with Crippen molar-refractivity contribution in [2.45, 2.75) is 32.7 Å². The Balaban J connectivity index is 0. The summed E-state index contributed by atoms with van der Waals surface area (Å²) in [7, 11) is 0. The molecule has 0 saturated heterocycles. The maximum absolute atomic E-state index is 9.64. The van der Waals surface area contributed by atoms with Crippen molar-refractivity contribution in [3.8, 4) is 0 Å². The zero-order valence-corrected chi connectivity index (χ0v) is 7.27. The topological polar surface area (TPSA) is 98.0 Å². The average Bonchev–Trinajstić information content (AvgIpc) is 1.87. The van der Waals surface area contributed by atoms with Crippen molar-refractivity contribution < 1.29 is 25.2 Å². The monoisotopic (exact) mass is 180 g/mol. The highest BCUT2D eigenvalue weighted by molar-refractivity contribution is 5.78. The summed E-state index contributed by atoms with van der Waals surface area (Å²) in [6.07, 6.45) is -1.65. The molecule has 1 unspecified atom stereocenters. The van der Waals surface area contributed by atoms with Crippen molar-refractivity contribution in [2.24, 2.45) is 0 Å². The highest BCUT2D eigenvalue weighted by atomic mass is 16.5. The molecule has 0 aromatic heterocycles. The fraction of sp³-hybridized carbons (Fsp3) is 0.857. The second-order valence-corrected chi connectivity index (χ2v) is 2.35. The van der Waals surface area contributed by atoms with Crippen LogP contribution in [0.15, 0.2) is 0 Å². The summed E-state index contributed by atoms with van der Waals surface area (Å²) in [5.74, 6) is -0.630. The first-order chi connectivity index (χ1) is 5.41. The number of hydrogen-bond donors (Lipinski definition) is 4. The van der Waals surface area contributed by atoms with Gasteiger partial charge in [-0.3, -0.25) is 4.79 Å². The van der Waals surface area contributed by atoms with Gasteiger partial charge in [0.1, 0.15) is 0 Å². The molecule has 0 aliphatic rings. The highest BCUT2D eigenvalue weighted by Crippen LogP contribution is 1.83. The minimum Gasteiger partial charge on any atom is -0.396 e. The first kappa shape index (κ1) is 14.1. The Kier molecular flexibility index (Phi) is 10.1. The fourth-order valence-corrected chi connectivity index (χ4v) is 0.187. The number of carbonyl (C=O) groups is 1. The number of Topliss-reactive ketones (excluding diaryl/α,β-unsaturated/α-hetero) is 1. The first-order valence-electron chi connectivity index (χ1n) is 3.57. The van der Waals surface area contributed by atoms with Gasteiger partial charge in [-0.15, -0.1) is 0 Å². The Bertz CT molecular complexity index is 110. The van der Waals surface area contributed by atoms with E-state index in [0.717, 1.165) is 6.92 Å². The van der Waals surface area contributed by atoms with Gasteiger partial charge in [-0.2, -0.15) is 0 Å². The number of rotatable bonds is 3. The molecule has 4 N–H and O–H groups in total. The lowest BCUT2D eigenvalue weighted by Gasteiger charge is -1.95. The number of aliphatic hydroxyl groups is 4. The summed E-state index contributed by atoms with van der Waals surface area (Å²) in [6, 6.07) is 0. The second-order valence-electron chi connectivity index (χ2n) is 2.35. The van der Waals surface area contributed by atoms with Crippen LogP contribution in [-0.4, -0.2) is 45.2 Å². The quantitative estimate of drug-likeness (QED) is 0.402. The molecular formula is C7H16O5. The van der Waals surface area contributed by atoms with Crippen LogP contribution in [0.3, 0.4) is 0 Å². The molecule has 1 atom stereocenters. The summed E-state index contributed by atoms with van der Waals surface area (Å²) < 4.78 is 0. The maximum Gasteiger partial charge on any atom is 0.212 e. The van der Waals surface area contributed by atoms with Gasteiger partial charge in [-0.25, -0.2) is 0 Å². The van der Waals surface area contributed by atoms with E-state index in [0.29, 0.717) is 6.42 Å². The summed E-state index contributed by atoms with van der Waals surface area (Å²) in [5, 5.41) is 32.1. The maximum atomic E-state index is 9.64. The molecule has 0 bridgehead atoms. The van der Waals surface area contributed by atoms with E-state index in [9.17, 15) is 4.79 Å². The van der Waals surface area contributed by atoms with Crippen LogP contribution < -0.4 is 0 Å². The van der Waals surface area contributed by atoms with E-state index < -0.39 is 12.1 Å². The van der Waals surface area contributed by atoms with Crippen molar-refractivity contribution in [3.63, 3.8) is 0 Å². The summed E-state index contributed by atoms with van der Waals surface area (Å²) in [5.41, 5.74) is 0. The standard InChI is InChI=1S/C4H10O2.C3H6O3/c1-4(6)2-3-5;1-2(4)3(5)6/h4-6H,2-3H2,1H3;3,5-6H,1H3. The van der Waals surface area contributed by atoms with Gasteiger partial charge in [0, 0.05) is 6.61 Å². The molecule has 12 heavy (non-hydrogen) atoms. The van der Waals surface area contributed by atoms with Crippen molar-refractivity contribution in [3.05, 3.63) is 0 Å². The summed E-state index contributed by atoms with van der Waals surface area (Å²) in [4.78, 5) is 9.64. The Labute approximate surface area is 71.3 Å². The molecule has 0 amide bonds. The molecule has 0 spiro atoms. The van der Waals surface area contributed by atoms with Crippen LogP contribution in [0.25, 0.3) is 0 Å². The molecule has 5 nitrogen and oxygen atoms in total. The largest absolute Gasteiger partial charge is 0.396 e. The summed E-state index contributed by atoms with van der Waals surface area (Å²) in [6.45, 7) is 2.83. The van der Waals surface area contributed by atoms with E-state index >= 15 is 0 Å². The second kappa shape index (κ2) is 8.61. The van der Waals surface area contributed by atoms with E-state index in [1.807, 2.05) is 0 Å². The predicted octanol–water partition coefficient (Wildman–Crippen LogP) is -1.36. The molecule has 74 valence electrons. The zero-order chi connectivity index (χ0) is 10.1. The molecule has 0 aliphatic heterocycles. The molecule has 0 radical (unpaired) electrons. The van der Waals surface area contributed by atoms with Crippen LogP contribution in [0, 0.1) is 0 Å². The molecule has 0 rings (SSSR count). The molecule has 5 heteroatoms. The van der Waals surface area contributed by atoms with Crippen LogP contribution >= 0.6 is 0 Å². The Morgan fingerprint density at radius 2 is 1.67 bits per heavy atom. The number of hydrogen-bond acceptors (Lipinski definition) is 5. The SMILES string of the molecule is CC(=O)C(O)O.CC(O)CCO. The van der Waals surface area contributed by atoms with Crippen LogP contribution in [0.4, 0.5) is 0 Å². The van der Waals surface area contributed by atoms with Crippen LogP contribution in [0.1, 0.15) is 20.3 Å². The number of ketones is 1. The van der Waals surface area contributed by atoms with E-state index in [1.54, 1.807) is 6.92 Å². The van der Waals surface area contributed by atoms with Gasteiger partial charge < -0.3 is 20.4 Å². The predicted molar refractivity (Wildman–Crippen MR) is 42.3 cm³/mol. The van der Waals surface area contributed by atoms with Crippen molar-refractivity contribution in [1.29, 1.82) is 0 Å². The third-order valence-electron chi connectivity index (χ3n) is 0.910. The van der Waals surface area contributed by atoms with Gasteiger partial charge in [0.2, 0.25) is 6.29 Å². The van der Waals surface area contributed by atoms with Gasteiger partial charge in [-0.05, 0) is 20.3 Å². The van der Waals surface area contributed by atoms with Crippen molar-refractivity contribution in [1.82, 2.24) is 0 Å². The lowest BCUT2D eigenvalue weighted by molar-refractivity contribution is -0.142.